The van der Waals surface area contributed by atoms with Crippen LogP contribution < -0.4 is 15.4 Å². The SMILES string of the molecule is C=CCNC(=S)Nc1ccc2ncc(-c3ccc4c(c3)CCO4)nc2n1. The van der Waals surface area contributed by atoms with E-state index in [1.54, 1.807) is 12.3 Å². The van der Waals surface area contributed by atoms with Gasteiger partial charge in [-0.3, -0.25) is 4.98 Å². The summed E-state index contributed by atoms with van der Waals surface area (Å²) in [5.74, 6) is 1.57. The van der Waals surface area contributed by atoms with Crippen molar-refractivity contribution >= 4 is 34.3 Å². The molecule has 0 fully saturated rings. The normalized spacial score (nSPS) is 12.3. The van der Waals surface area contributed by atoms with Gasteiger partial charge in [0.2, 0.25) is 0 Å². The van der Waals surface area contributed by atoms with Crippen molar-refractivity contribution in [2.45, 2.75) is 6.42 Å². The van der Waals surface area contributed by atoms with Gasteiger partial charge in [-0.25, -0.2) is 9.97 Å². The lowest BCUT2D eigenvalue weighted by Crippen LogP contribution is -2.28. The van der Waals surface area contributed by atoms with Crippen LogP contribution in [0, 0.1) is 0 Å². The highest BCUT2D eigenvalue weighted by Gasteiger charge is 2.14. The van der Waals surface area contributed by atoms with Gasteiger partial charge in [0.05, 0.1) is 18.5 Å². The molecule has 2 aromatic heterocycles. The molecular weight excluding hydrogens is 346 g/mol. The molecule has 1 aromatic carbocycles. The first-order valence-electron chi connectivity index (χ1n) is 8.28. The number of ether oxygens (including phenoxy) is 1. The number of anilines is 1. The zero-order valence-corrected chi connectivity index (χ0v) is 14.8. The van der Waals surface area contributed by atoms with Gasteiger partial charge < -0.3 is 15.4 Å². The van der Waals surface area contributed by atoms with Crippen LogP contribution in [0.1, 0.15) is 5.56 Å². The number of benzene rings is 1. The fraction of sp³-hybridized carbons (Fsp3) is 0.158. The van der Waals surface area contributed by atoms with Crippen LogP contribution in [-0.2, 0) is 6.42 Å². The van der Waals surface area contributed by atoms with Crippen molar-refractivity contribution < 1.29 is 4.74 Å². The van der Waals surface area contributed by atoms with Crippen LogP contribution in [0.4, 0.5) is 5.82 Å². The molecule has 1 aliphatic heterocycles. The Hall–Kier alpha value is -3.06. The summed E-state index contributed by atoms with van der Waals surface area (Å²) in [7, 11) is 0. The first-order valence-corrected chi connectivity index (χ1v) is 8.69. The molecular formula is C19H17N5OS. The molecule has 0 bridgehead atoms. The second-order valence-electron chi connectivity index (χ2n) is 5.84. The van der Waals surface area contributed by atoms with E-state index in [1.165, 1.54) is 5.56 Å². The van der Waals surface area contributed by atoms with Crippen molar-refractivity contribution in [3.63, 3.8) is 0 Å². The number of nitrogens with one attached hydrogen (secondary N) is 2. The second kappa shape index (κ2) is 7.05. The van der Waals surface area contributed by atoms with Gasteiger partial charge in [-0.15, -0.1) is 6.58 Å². The minimum Gasteiger partial charge on any atom is -0.493 e. The summed E-state index contributed by atoms with van der Waals surface area (Å²) in [6.45, 7) is 4.97. The van der Waals surface area contributed by atoms with Gasteiger partial charge in [-0.05, 0) is 48.1 Å². The summed E-state index contributed by atoms with van der Waals surface area (Å²) in [5, 5.41) is 6.53. The minimum atomic E-state index is 0.486. The van der Waals surface area contributed by atoms with E-state index in [1.807, 2.05) is 24.3 Å². The molecule has 0 amide bonds. The maximum atomic E-state index is 5.56. The average Bonchev–Trinajstić information content (AvgIpc) is 3.13. The number of thiocarbonyl (C=S) groups is 1. The van der Waals surface area contributed by atoms with E-state index in [9.17, 15) is 0 Å². The minimum absolute atomic E-state index is 0.486. The maximum absolute atomic E-state index is 5.56. The first-order chi connectivity index (χ1) is 12.7. The highest BCUT2D eigenvalue weighted by atomic mass is 32.1. The van der Waals surface area contributed by atoms with Gasteiger partial charge in [0.15, 0.2) is 10.8 Å². The van der Waals surface area contributed by atoms with E-state index in [4.69, 9.17) is 17.0 Å². The molecule has 7 heteroatoms. The molecule has 0 radical (unpaired) electrons. The summed E-state index contributed by atoms with van der Waals surface area (Å²) in [6.07, 6.45) is 4.43. The van der Waals surface area contributed by atoms with Gasteiger partial charge in [-0.2, -0.15) is 0 Å². The Morgan fingerprint density at radius 1 is 1.27 bits per heavy atom. The summed E-state index contributed by atoms with van der Waals surface area (Å²) in [4.78, 5) is 13.7. The number of rotatable bonds is 4. The summed E-state index contributed by atoms with van der Waals surface area (Å²) in [5.41, 5.74) is 4.28. The van der Waals surface area contributed by atoms with Gasteiger partial charge in [-0.1, -0.05) is 6.08 Å². The van der Waals surface area contributed by atoms with E-state index in [0.29, 0.717) is 23.1 Å². The van der Waals surface area contributed by atoms with Gasteiger partial charge in [0.25, 0.3) is 0 Å². The van der Waals surface area contributed by atoms with Crippen LogP contribution >= 0.6 is 12.2 Å². The summed E-state index contributed by atoms with van der Waals surface area (Å²) >= 11 is 5.21. The Morgan fingerprint density at radius 3 is 3.08 bits per heavy atom. The van der Waals surface area contributed by atoms with E-state index < -0.39 is 0 Å². The number of aromatic nitrogens is 3. The predicted octanol–water partition coefficient (Wildman–Crippen LogP) is 3.10. The predicted molar refractivity (Wildman–Crippen MR) is 106 cm³/mol. The Bertz CT molecular complexity index is 1000. The first kappa shape index (κ1) is 16.4. The fourth-order valence-electron chi connectivity index (χ4n) is 2.78. The smallest absolute Gasteiger partial charge is 0.180 e. The van der Waals surface area contributed by atoms with Crippen LogP contribution in [0.2, 0.25) is 0 Å². The van der Waals surface area contributed by atoms with Crippen molar-refractivity contribution in [3.05, 3.63) is 54.7 Å². The molecule has 6 nitrogen and oxygen atoms in total. The van der Waals surface area contributed by atoms with E-state index in [0.717, 1.165) is 35.6 Å². The number of hydrogen-bond acceptors (Lipinski definition) is 5. The maximum Gasteiger partial charge on any atom is 0.180 e. The van der Waals surface area contributed by atoms with Crippen LogP contribution in [0.5, 0.6) is 5.75 Å². The molecule has 130 valence electrons. The zero-order chi connectivity index (χ0) is 17.9. The second-order valence-corrected chi connectivity index (χ2v) is 6.25. The average molecular weight is 363 g/mol. The fourth-order valence-corrected chi connectivity index (χ4v) is 2.97. The third-order valence-electron chi connectivity index (χ3n) is 4.04. The molecule has 0 spiro atoms. The monoisotopic (exact) mass is 363 g/mol. The standard InChI is InChI=1S/C19H17N5OS/c1-2-8-20-19(26)24-17-6-4-14-18(23-17)22-15(11-21-14)12-3-5-16-13(10-12)7-9-25-16/h2-6,10-11H,1,7-9H2,(H2,20,22,23,24,26). The van der Waals surface area contributed by atoms with E-state index in [2.05, 4.69) is 38.2 Å². The third-order valence-corrected chi connectivity index (χ3v) is 4.29. The van der Waals surface area contributed by atoms with E-state index in [-0.39, 0.29) is 0 Å². The van der Waals surface area contributed by atoms with Crippen LogP contribution in [0.3, 0.4) is 0 Å². The number of fused-ring (bicyclic) bond motifs is 2. The number of nitrogens with zero attached hydrogens (tertiary/aromatic N) is 3. The molecule has 0 atom stereocenters. The van der Waals surface area contributed by atoms with Gasteiger partial charge >= 0.3 is 0 Å². The number of hydrogen-bond donors (Lipinski definition) is 2. The Labute approximate surface area is 156 Å². The van der Waals surface area contributed by atoms with E-state index >= 15 is 0 Å². The molecule has 0 saturated carbocycles. The van der Waals surface area contributed by atoms with Crippen molar-refractivity contribution in [2.24, 2.45) is 0 Å². The molecule has 0 aliphatic carbocycles. The molecule has 26 heavy (non-hydrogen) atoms. The lowest BCUT2D eigenvalue weighted by molar-refractivity contribution is 0.357. The molecule has 4 rings (SSSR count). The molecule has 0 saturated heterocycles. The lowest BCUT2D eigenvalue weighted by Gasteiger charge is -2.09. The Kier molecular flexibility index (Phi) is 4.45. The third kappa shape index (κ3) is 3.34. The Morgan fingerprint density at radius 2 is 2.19 bits per heavy atom. The summed E-state index contributed by atoms with van der Waals surface area (Å²) in [6, 6.07) is 9.78. The molecule has 1 aliphatic rings. The van der Waals surface area contributed by atoms with Crippen LogP contribution in [-0.4, -0.2) is 33.2 Å². The quantitative estimate of drug-likeness (QED) is 0.545. The van der Waals surface area contributed by atoms with Crippen molar-refractivity contribution in [1.82, 2.24) is 20.3 Å². The number of pyridine rings is 1. The van der Waals surface area contributed by atoms with Gasteiger partial charge in [0, 0.05) is 18.5 Å². The Balaban J connectivity index is 1.63. The van der Waals surface area contributed by atoms with Crippen molar-refractivity contribution in [2.75, 3.05) is 18.5 Å². The van der Waals surface area contributed by atoms with Gasteiger partial charge in [0.1, 0.15) is 17.1 Å². The molecule has 3 aromatic rings. The highest BCUT2D eigenvalue weighted by molar-refractivity contribution is 7.80. The zero-order valence-electron chi connectivity index (χ0n) is 14.0. The van der Waals surface area contributed by atoms with Crippen molar-refractivity contribution in [1.29, 1.82) is 0 Å². The van der Waals surface area contributed by atoms with Crippen LogP contribution in [0.25, 0.3) is 22.4 Å². The molecule has 3 heterocycles. The van der Waals surface area contributed by atoms with Crippen LogP contribution in [0.15, 0.2) is 49.2 Å². The highest BCUT2D eigenvalue weighted by Crippen LogP contribution is 2.30. The summed E-state index contributed by atoms with van der Waals surface area (Å²) < 4.78 is 5.56. The molecule has 0 unspecified atom stereocenters. The van der Waals surface area contributed by atoms with Crippen molar-refractivity contribution in [3.8, 4) is 17.0 Å². The topological polar surface area (TPSA) is 72.0 Å². The lowest BCUT2D eigenvalue weighted by atomic mass is 10.1. The molecule has 2 N–H and O–H groups in total. The largest absolute Gasteiger partial charge is 0.493 e.